The maximum atomic E-state index is 14.4. The van der Waals surface area contributed by atoms with Crippen molar-refractivity contribution in [2.45, 2.75) is 48.5 Å². The number of aryl methyl sites for hydroxylation is 7. The number of anilines is 6. The van der Waals surface area contributed by atoms with Gasteiger partial charge in [0.2, 0.25) is 0 Å². The van der Waals surface area contributed by atoms with E-state index in [1.165, 1.54) is 46.8 Å². The monoisotopic (exact) mass is 1150 g/mol. The zero-order valence-electron chi connectivity index (χ0n) is 46.0. The van der Waals surface area contributed by atoms with E-state index in [9.17, 15) is 8.78 Å². The van der Waals surface area contributed by atoms with Gasteiger partial charge in [-0.05, 0) is 206 Å². The fraction of sp³-hybridized carbons (Fsp3) is 0.104. The number of hydrogen-bond donors (Lipinski definition) is 3. The second-order valence-electron chi connectivity index (χ2n) is 19.6. The Morgan fingerprint density at radius 2 is 0.707 bits per heavy atom. The highest BCUT2D eigenvalue weighted by Gasteiger charge is 2.14. The number of para-hydroxylation sites is 2. The van der Waals surface area contributed by atoms with E-state index in [1.807, 2.05) is 130 Å². The molecule has 3 aromatic heterocycles. The molecule has 408 valence electrons. The van der Waals surface area contributed by atoms with Crippen LogP contribution in [-0.4, -0.2) is 29.9 Å². The van der Waals surface area contributed by atoms with Crippen LogP contribution in [0.2, 0.25) is 0 Å². The van der Waals surface area contributed by atoms with Crippen LogP contribution in [-0.2, 0) is 0 Å². The Kier molecular flexibility index (Phi) is 17.0. The molecule has 0 amide bonds. The largest absolute Gasteiger partial charge is 0.457 e. The molecule has 82 heavy (non-hydrogen) atoms. The molecule has 9 aromatic carbocycles. The lowest BCUT2D eigenvalue weighted by atomic mass is 10.1. The molecule has 0 fully saturated rings. The van der Waals surface area contributed by atoms with Crippen molar-refractivity contribution in [2.75, 3.05) is 16.0 Å². The molecule has 12 rings (SSSR count). The minimum atomic E-state index is -0.383. The van der Waals surface area contributed by atoms with Crippen molar-refractivity contribution in [3.8, 4) is 34.5 Å². The number of halogens is 3. The van der Waals surface area contributed by atoms with Crippen LogP contribution in [0.15, 0.2) is 199 Å². The molecule has 0 unspecified atom stereocenters. The van der Waals surface area contributed by atoms with Crippen molar-refractivity contribution in [3.63, 3.8) is 0 Å². The summed E-state index contributed by atoms with van der Waals surface area (Å²) in [5, 5.41) is 12.7. The van der Waals surface area contributed by atoms with Crippen molar-refractivity contribution >= 4 is 83.2 Å². The van der Waals surface area contributed by atoms with E-state index in [2.05, 4.69) is 114 Å². The van der Waals surface area contributed by atoms with Crippen molar-refractivity contribution < 1.29 is 23.0 Å². The Hall–Kier alpha value is -9.86. The number of fused-ring (bicyclic) bond motifs is 3. The first-order chi connectivity index (χ1) is 39.7. The van der Waals surface area contributed by atoms with E-state index in [0.29, 0.717) is 34.5 Å². The molecule has 0 aliphatic rings. The van der Waals surface area contributed by atoms with Crippen LogP contribution in [0, 0.1) is 60.1 Å². The number of nitrogens with zero attached hydrogens (tertiary/aromatic N) is 6. The standard InChI is InChI=1S/C23H20FN3O.C22H18BrN3O.C22H18FN3O/c1-14-7-8-19(28-18-6-4-5-17(24)11-18)12-21(14)27-23-20-9-15(2)16(3)10-22(20)25-13-26-23;2*1-14-10-18-20(11-15(14)2)24-13-25-22(18)26-21-12-17(8-9-19(21)23)27-16-6-4-3-5-7-16/h4-13H,1-3H3,(H,25,26,27);2*3-13H,1-2H3,(H,24,25,26). The predicted octanol–water partition coefficient (Wildman–Crippen LogP) is 18.7. The van der Waals surface area contributed by atoms with Gasteiger partial charge in [-0.25, -0.2) is 38.7 Å². The zero-order valence-corrected chi connectivity index (χ0v) is 47.6. The van der Waals surface area contributed by atoms with Gasteiger partial charge in [-0.3, -0.25) is 0 Å². The Morgan fingerprint density at radius 3 is 1.20 bits per heavy atom. The van der Waals surface area contributed by atoms with Gasteiger partial charge in [0.15, 0.2) is 0 Å². The quantitative estimate of drug-likeness (QED) is 0.107. The Morgan fingerprint density at radius 1 is 0.329 bits per heavy atom. The molecule has 0 aliphatic heterocycles. The van der Waals surface area contributed by atoms with Gasteiger partial charge in [0, 0.05) is 50.6 Å². The number of benzene rings is 9. The van der Waals surface area contributed by atoms with Crippen molar-refractivity contribution in [1.82, 2.24) is 29.9 Å². The van der Waals surface area contributed by atoms with E-state index in [4.69, 9.17) is 14.2 Å². The zero-order chi connectivity index (χ0) is 57.3. The Balaban J connectivity index is 0.000000138. The van der Waals surface area contributed by atoms with Crippen LogP contribution in [0.25, 0.3) is 32.7 Å². The lowest BCUT2D eigenvalue weighted by Gasteiger charge is -2.14. The van der Waals surface area contributed by atoms with Gasteiger partial charge in [-0.2, -0.15) is 0 Å². The molecule has 0 atom stereocenters. The molecule has 15 heteroatoms. The molecule has 0 spiro atoms. The molecule has 3 heterocycles. The molecular formula is C67H56BrF2N9O3. The number of nitrogens with one attached hydrogen (secondary N) is 3. The summed E-state index contributed by atoms with van der Waals surface area (Å²) >= 11 is 3.60. The maximum Gasteiger partial charge on any atom is 0.146 e. The lowest BCUT2D eigenvalue weighted by Crippen LogP contribution is -1.99. The third-order valence-corrected chi connectivity index (χ3v) is 14.3. The number of ether oxygens (including phenoxy) is 3. The van der Waals surface area contributed by atoms with E-state index in [0.717, 1.165) is 88.4 Å². The van der Waals surface area contributed by atoms with Gasteiger partial charge in [0.25, 0.3) is 0 Å². The summed E-state index contributed by atoms with van der Waals surface area (Å²) < 4.78 is 46.2. The third-order valence-electron chi connectivity index (χ3n) is 13.6. The van der Waals surface area contributed by atoms with Crippen LogP contribution in [0.5, 0.6) is 34.5 Å². The van der Waals surface area contributed by atoms with Gasteiger partial charge in [0.05, 0.1) is 27.9 Å². The fourth-order valence-corrected chi connectivity index (χ4v) is 9.02. The molecule has 12 aromatic rings. The SMILES string of the molecule is Cc1cc2ncnc(Nc3cc(Oc4cccc(F)c4)ccc3C)c2cc1C.Cc1cc2ncnc(Nc3cc(Oc4ccccc4)ccc3Br)c2cc1C.Cc1cc2ncnc(Nc3cc(Oc4ccccc4)ccc3F)c2cc1C. The number of rotatable bonds is 12. The first-order valence-electron chi connectivity index (χ1n) is 26.3. The Bertz CT molecular complexity index is 4090. The highest BCUT2D eigenvalue weighted by Crippen LogP contribution is 2.36. The van der Waals surface area contributed by atoms with Crippen LogP contribution in [0.4, 0.5) is 43.3 Å². The van der Waals surface area contributed by atoms with Gasteiger partial charge < -0.3 is 30.2 Å². The highest BCUT2D eigenvalue weighted by molar-refractivity contribution is 9.10. The normalized spacial score (nSPS) is 10.8. The summed E-state index contributed by atoms with van der Waals surface area (Å²) in [6.45, 7) is 14.4. The summed E-state index contributed by atoms with van der Waals surface area (Å²) in [5.74, 6) is 5.17. The predicted molar refractivity (Wildman–Crippen MR) is 328 cm³/mol. The summed E-state index contributed by atoms with van der Waals surface area (Å²) in [5.41, 5.74) is 12.8. The Labute approximate surface area is 482 Å². The first-order valence-corrected chi connectivity index (χ1v) is 27.0. The van der Waals surface area contributed by atoms with Gasteiger partial charge in [0.1, 0.15) is 82.6 Å². The molecule has 0 aliphatic carbocycles. The second-order valence-corrected chi connectivity index (χ2v) is 20.4. The molecule has 0 saturated carbocycles. The van der Waals surface area contributed by atoms with Crippen molar-refractivity contribution in [2.24, 2.45) is 0 Å². The summed E-state index contributed by atoms with van der Waals surface area (Å²) in [6, 6.07) is 53.7. The maximum absolute atomic E-state index is 14.4. The van der Waals surface area contributed by atoms with Crippen LogP contribution < -0.4 is 30.2 Å². The molecular weight excluding hydrogens is 1100 g/mol. The van der Waals surface area contributed by atoms with Crippen LogP contribution >= 0.6 is 15.9 Å². The van der Waals surface area contributed by atoms with E-state index in [-0.39, 0.29) is 11.6 Å². The van der Waals surface area contributed by atoms with Crippen LogP contribution in [0.1, 0.15) is 38.9 Å². The van der Waals surface area contributed by atoms with Gasteiger partial charge in [-0.1, -0.05) is 48.5 Å². The molecule has 0 bridgehead atoms. The van der Waals surface area contributed by atoms with Gasteiger partial charge >= 0.3 is 0 Å². The topological polar surface area (TPSA) is 141 Å². The average Bonchev–Trinajstić information content (AvgIpc) is 3.56. The van der Waals surface area contributed by atoms with Gasteiger partial charge in [-0.15, -0.1) is 0 Å². The summed E-state index contributed by atoms with van der Waals surface area (Å²) in [7, 11) is 0. The van der Waals surface area contributed by atoms with E-state index in [1.54, 1.807) is 36.9 Å². The molecule has 3 N–H and O–H groups in total. The number of hydrogen-bond acceptors (Lipinski definition) is 12. The highest BCUT2D eigenvalue weighted by atomic mass is 79.9. The smallest absolute Gasteiger partial charge is 0.146 e. The minimum absolute atomic E-state index is 0.293. The van der Waals surface area contributed by atoms with E-state index < -0.39 is 0 Å². The summed E-state index contributed by atoms with van der Waals surface area (Å²) in [4.78, 5) is 26.3. The minimum Gasteiger partial charge on any atom is -0.457 e. The molecule has 12 nitrogen and oxygen atoms in total. The van der Waals surface area contributed by atoms with E-state index >= 15 is 0 Å². The van der Waals surface area contributed by atoms with Crippen LogP contribution in [0.3, 0.4) is 0 Å². The first kappa shape index (κ1) is 55.5. The average molecular weight is 1150 g/mol. The summed E-state index contributed by atoms with van der Waals surface area (Å²) in [6.07, 6.45) is 4.61. The third kappa shape index (κ3) is 13.6. The second kappa shape index (κ2) is 25.1. The molecule has 0 radical (unpaired) electrons. The fourth-order valence-electron chi connectivity index (χ4n) is 8.67. The number of aromatic nitrogens is 6. The van der Waals surface area contributed by atoms with Crippen molar-refractivity contribution in [3.05, 3.63) is 250 Å². The van der Waals surface area contributed by atoms with Crippen molar-refractivity contribution in [1.29, 1.82) is 0 Å². The lowest BCUT2D eigenvalue weighted by molar-refractivity contribution is 0.477. The molecule has 0 saturated heterocycles.